The quantitative estimate of drug-likeness (QED) is 0.605. The first-order valence-corrected chi connectivity index (χ1v) is 6.05. The van der Waals surface area contributed by atoms with E-state index in [9.17, 15) is 14.4 Å². The third-order valence-electron chi connectivity index (χ3n) is 2.38. The van der Waals surface area contributed by atoms with Gasteiger partial charge in [0.15, 0.2) is 0 Å². The molecule has 1 atom stereocenters. The highest BCUT2D eigenvalue weighted by atomic mass is 16.6. The minimum atomic E-state index is -1.23. The number of benzene rings is 1. The van der Waals surface area contributed by atoms with Crippen LogP contribution in [0.15, 0.2) is 30.3 Å². The Balaban J connectivity index is 2.47. The topological polar surface area (TPSA) is 114 Å². The van der Waals surface area contributed by atoms with Gasteiger partial charge in [0.2, 0.25) is 5.91 Å². The van der Waals surface area contributed by atoms with E-state index >= 15 is 0 Å². The minimum Gasteiger partial charge on any atom is -0.468 e. The monoisotopic (exact) mass is 296 g/mol. The van der Waals surface area contributed by atoms with Gasteiger partial charge in [0.05, 0.1) is 13.7 Å². The van der Waals surface area contributed by atoms with Gasteiger partial charge in [-0.3, -0.25) is 9.59 Å². The minimum absolute atomic E-state index is 0.293. The van der Waals surface area contributed by atoms with E-state index in [0.29, 0.717) is 5.75 Å². The molecule has 0 saturated heterocycles. The number of amides is 2. The summed E-state index contributed by atoms with van der Waals surface area (Å²) in [5.74, 6) is -1.08. The van der Waals surface area contributed by atoms with Crippen molar-refractivity contribution >= 4 is 18.0 Å². The Hall–Kier alpha value is -2.61. The summed E-state index contributed by atoms with van der Waals surface area (Å²) in [5, 5.41) is 13.5. The standard InChI is InChI=1S/C13H16N2O6/c1-20-11(17)7-14-12(18)10(8-16)15-13(19)21-9-5-3-2-4-6-9/h2-6,10,16H,7-8H2,1H3,(H,14,18)(H,15,19)/t10-/m0/s1. The predicted molar refractivity (Wildman–Crippen MR) is 71.5 cm³/mol. The fraction of sp³-hybridized carbons (Fsp3) is 0.308. The lowest BCUT2D eigenvalue weighted by Crippen LogP contribution is -2.50. The lowest BCUT2D eigenvalue weighted by molar-refractivity contribution is -0.141. The Morgan fingerprint density at radius 2 is 1.90 bits per heavy atom. The molecule has 0 saturated carbocycles. The van der Waals surface area contributed by atoms with E-state index in [0.717, 1.165) is 0 Å². The SMILES string of the molecule is COC(=O)CNC(=O)[C@H](CO)NC(=O)Oc1ccccc1. The van der Waals surface area contributed by atoms with Gasteiger partial charge in [-0.25, -0.2) is 4.79 Å². The maximum atomic E-state index is 11.6. The number of nitrogens with one attached hydrogen (secondary N) is 2. The average Bonchev–Trinajstić information content (AvgIpc) is 2.50. The first-order chi connectivity index (χ1) is 10.1. The van der Waals surface area contributed by atoms with Crippen LogP contribution in [-0.2, 0) is 14.3 Å². The van der Waals surface area contributed by atoms with Gasteiger partial charge in [0.1, 0.15) is 18.3 Å². The molecule has 0 fully saturated rings. The van der Waals surface area contributed by atoms with Crippen molar-refractivity contribution in [3.05, 3.63) is 30.3 Å². The maximum absolute atomic E-state index is 11.6. The summed E-state index contributed by atoms with van der Waals surface area (Å²) in [5.41, 5.74) is 0. The Labute approximate surface area is 121 Å². The smallest absolute Gasteiger partial charge is 0.413 e. The van der Waals surface area contributed by atoms with Crippen LogP contribution in [0.25, 0.3) is 0 Å². The van der Waals surface area contributed by atoms with E-state index in [1.165, 1.54) is 7.11 Å². The molecule has 0 bridgehead atoms. The van der Waals surface area contributed by atoms with E-state index in [1.807, 2.05) is 0 Å². The van der Waals surface area contributed by atoms with Crippen LogP contribution in [0.4, 0.5) is 4.79 Å². The molecule has 0 radical (unpaired) electrons. The molecule has 1 aromatic carbocycles. The van der Waals surface area contributed by atoms with Crippen molar-refractivity contribution in [2.75, 3.05) is 20.3 Å². The maximum Gasteiger partial charge on any atom is 0.413 e. The molecule has 114 valence electrons. The van der Waals surface area contributed by atoms with Crippen molar-refractivity contribution in [3.8, 4) is 5.75 Å². The number of esters is 1. The van der Waals surface area contributed by atoms with Crippen LogP contribution in [0.3, 0.4) is 0 Å². The van der Waals surface area contributed by atoms with Gasteiger partial charge < -0.3 is 25.2 Å². The van der Waals surface area contributed by atoms with Gasteiger partial charge in [-0.1, -0.05) is 18.2 Å². The number of carbonyl (C=O) groups excluding carboxylic acids is 3. The summed E-state index contributed by atoms with van der Waals surface area (Å²) < 4.78 is 9.26. The Kier molecular flexibility index (Phi) is 6.69. The molecule has 0 spiro atoms. The van der Waals surface area contributed by atoms with E-state index < -0.39 is 30.6 Å². The molecule has 0 aliphatic carbocycles. The number of rotatable bonds is 6. The van der Waals surface area contributed by atoms with Gasteiger partial charge in [-0.2, -0.15) is 0 Å². The van der Waals surface area contributed by atoms with Crippen LogP contribution in [0.5, 0.6) is 5.75 Å². The van der Waals surface area contributed by atoms with E-state index in [2.05, 4.69) is 15.4 Å². The summed E-state index contributed by atoms with van der Waals surface area (Å²) in [6, 6.07) is 6.99. The lowest BCUT2D eigenvalue weighted by Gasteiger charge is -2.15. The highest BCUT2D eigenvalue weighted by Gasteiger charge is 2.21. The molecule has 0 aliphatic heterocycles. The number of hydrogen-bond acceptors (Lipinski definition) is 6. The van der Waals surface area contributed by atoms with Gasteiger partial charge in [0.25, 0.3) is 0 Å². The van der Waals surface area contributed by atoms with Gasteiger partial charge in [-0.15, -0.1) is 0 Å². The zero-order valence-corrected chi connectivity index (χ0v) is 11.4. The van der Waals surface area contributed by atoms with Gasteiger partial charge >= 0.3 is 12.1 Å². The van der Waals surface area contributed by atoms with Crippen molar-refractivity contribution < 1.29 is 29.0 Å². The highest BCUT2D eigenvalue weighted by molar-refractivity contribution is 5.88. The molecule has 0 aromatic heterocycles. The Bertz CT molecular complexity index is 491. The van der Waals surface area contributed by atoms with Crippen molar-refractivity contribution in [2.24, 2.45) is 0 Å². The summed E-state index contributed by atoms with van der Waals surface area (Å²) in [6.45, 7) is -1.00. The first kappa shape index (κ1) is 16.4. The van der Waals surface area contributed by atoms with Gasteiger partial charge in [-0.05, 0) is 12.1 Å². The van der Waals surface area contributed by atoms with Crippen LogP contribution >= 0.6 is 0 Å². The highest BCUT2D eigenvalue weighted by Crippen LogP contribution is 2.08. The van der Waals surface area contributed by atoms with Crippen molar-refractivity contribution in [2.45, 2.75) is 6.04 Å². The number of carbonyl (C=O) groups is 3. The molecule has 8 nitrogen and oxygen atoms in total. The number of aliphatic hydroxyl groups excluding tert-OH is 1. The number of aliphatic hydroxyl groups is 1. The number of para-hydroxylation sites is 1. The van der Waals surface area contributed by atoms with Gasteiger partial charge in [0, 0.05) is 0 Å². The molecular weight excluding hydrogens is 280 g/mol. The second kappa shape index (κ2) is 8.54. The van der Waals surface area contributed by atoms with Crippen LogP contribution in [0, 0.1) is 0 Å². The van der Waals surface area contributed by atoms with E-state index in [1.54, 1.807) is 30.3 Å². The molecule has 0 unspecified atom stereocenters. The normalized spacial score (nSPS) is 11.1. The summed E-state index contributed by atoms with van der Waals surface area (Å²) in [4.78, 5) is 34.1. The zero-order chi connectivity index (χ0) is 15.7. The zero-order valence-electron chi connectivity index (χ0n) is 11.4. The fourth-order valence-electron chi connectivity index (χ4n) is 1.32. The molecule has 0 aliphatic rings. The van der Waals surface area contributed by atoms with Crippen LogP contribution in [-0.4, -0.2) is 49.4 Å². The summed E-state index contributed by atoms with van der Waals surface area (Å²) in [7, 11) is 1.17. The number of hydrogen-bond donors (Lipinski definition) is 3. The second-order valence-electron chi connectivity index (χ2n) is 3.88. The third-order valence-corrected chi connectivity index (χ3v) is 2.38. The summed E-state index contributed by atoms with van der Waals surface area (Å²) in [6.07, 6.45) is -0.895. The van der Waals surface area contributed by atoms with Crippen molar-refractivity contribution in [1.82, 2.24) is 10.6 Å². The van der Waals surface area contributed by atoms with Crippen molar-refractivity contribution in [1.29, 1.82) is 0 Å². The Morgan fingerprint density at radius 1 is 1.24 bits per heavy atom. The first-order valence-electron chi connectivity index (χ1n) is 6.05. The number of ether oxygens (including phenoxy) is 2. The molecular formula is C13H16N2O6. The molecule has 0 heterocycles. The van der Waals surface area contributed by atoms with Crippen LogP contribution < -0.4 is 15.4 Å². The van der Waals surface area contributed by atoms with E-state index in [-0.39, 0.29) is 6.54 Å². The predicted octanol–water partition coefficient (Wildman–Crippen LogP) is -0.575. The fourth-order valence-corrected chi connectivity index (χ4v) is 1.32. The molecule has 2 amide bonds. The molecule has 1 rings (SSSR count). The Morgan fingerprint density at radius 3 is 2.48 bits per heavy atom. The summed E-state index contributed by atoms with van der Waals surface area (Å²) >= 11 is 0. The largest absolute Gasteiger partial charge is 0.468 e. The number of methoxy groups -OCH3 is 1. The second-order valence-corrected chi connectivity index (χ2v) is 3.88. The molecule has 1 aromatic rings. The van der Waals surface area contributed by atoms with Crippen molar-refractivity contribution in [3.63, 3.8) is 0 Å². The lowest BCUT2D eigenvalue weighted by atomic mass is 10.3. The average molecular weight is 296 g/mol. The van der Waals surface area contributed by atoms with E-state index in [4.69, 9.17) is 9.84 Å². The molecule has 21 heavy (non-hydrogen) atoms. The molecule has 3 N–H and O–H groups in total. The third kappa shape index (κ3) is 5.91. The van der Waals surface area contributed by atoms with Crippen LogP contribution in [0.1, 0.15) is 0 Å². The molecule has 8 heteroatoms. The van der Waals surface area contributed by atoms with Crippen LogP contribution in [0.2, 0.25) is 0 Å².